The molecule has 0 aromatic heterocycles. The molecule has 0 fully saturated rings. The first-order chi connectivity index (χ1) is 8.87. The highest BCUT2D eigenvalue weighted by Gasteiger charge is 2.23. The monoisotopic (exact) mass is 288 g/mol. The van der Waals surface area contributed by atoms with Crippen LogP contribution in [0.2, 0.25) is 0 Å². The average molecular weight is 289 g/mol. The van der Waals surface area contributed by atoms with Crippen LogP contribution in [-0.4, -0.2) is 37.5 Å². The molecule has 0 heterocycles. The van der Waals surface area contributed by atoms with E-state index >= 15 is 0 Å². The van der Waals surface area contributed by atoms with Gasteiger partial charge in [-0.25, -0.2) is 4.39 Å². The maximum absolute atomic E-state index is 12.4. The van der Waals surface area contributed by atoms with Crippen molar-refractivity contribution < 1.29 is 4.39 Å². The molecular formula is C15H26ClFN2. The lowest BCUT2D eigenvalue weighted by Crippen LogP contribution is -2.36. The molecule has 0 aromatic carbocycles. The van der Waals surface area contributed by atoms with E-state index in [9.17, 15) is 4.39 Å². The van der Waals surface area contributed by atoms with Crippen molar-refractivity contribution in [1.29, 1.82) is 0 Å². The molecule has 2 nitrogen and oxygen atoms in total. The zero-order chi connectivity index (χ0) is 15.0. The summed E-state index contributed by atoms with van der Waals surface area (Å²) in [6.07, 6.45) is 4.28. The number of hydrogen-bond donors (Lipinski definition) is 0. The summed E-state index contributed by atoms with van der Waals surface area (Å²) < 4.78 is 12.4. The molecule has 3 unspecified atom stereocenters. The molecule has 0 bridgehead atoms. The summed E-state index contributed by atoms with van der Waals surface area (Å²) in [4.78, 5) is 6.71. The van der Waals surface area contributed by atoms with E-state index in [1.807, 2.05) is 14.1 Å². The van der Waals surface area contributed by atoms with Crippen LogP contribution in [0.1, 0.15) is 27.2 Å². The molecule has 19 heavy (non-hydrogen) atoms. The Morgan fingerprint density at radius 3 is 2.37 bits per heavy atom. The lowest BCUT2D eigenvalue weighted by atomic mass is 9.90. The van der Waals surface area contributed by atoms with Crippen LogP contribution in [0, 0.1) is 11.8 Å². The van der Waals surface area contributed by atoms with Crippen LogP contribution in [0.4, 0.5) is 4.39 Å². The maximum Gasteiger partial charge on any atom is 0.125 e. The minimum Gasteiger partial charge on any atom is -0.288 e. The second-order valence-electron chi connectivity index (χ2n) is 5.10. The van der Waals surface area contributed by atoms with Crippen molar-refractivity contribution in [2.24, 2.45) is 16.8 Å². The van der Waals surface area contributed by atoms with Crippen molar-refractivity contribution in [1.82, 2.24) is 4.90 Å². The fraction of sp³-hybridized carbons (Fsp3) is 0.667. The number of allylic oxidation sites excluding steroid dienone is 3. The highest BCUT2D eigenvalue weighted by atomic mass is 35.5. The van der Waals surface area contributed by atoms with E-state index in [1.165, 1.54) is 6.08 Å². The highest BCUT2D eigenvalue weighted by Crippen LogP contribution is 2.22. The summed E-state index contributed by atoms with van der Waals surface area (Å²) >= 11 is 5.72. The Kier molecular flexibility index (Phi) is 8.94. The molecule has 3 atom stereocenters. The van der Waals surface area contributed by atoms with Crippen LogP contribution in [0.3, 0.4) is 0 Å². The molecule has 0 spiro atoms. The van der Waals surface area contributed by atoms with Gasteiger partial charge in [-0.1, -0.05) is 45.4 Å². The summed E-state index contributed by atoms with van der Waals surface area (Å²) in [6.45, 7) is 9.60. The Hall–Kier alpha value is -0.670. The van der Waals surface area contributed by atoms with Crippen LogP contribution < -0.4 is 0 Å². The Labute approximate surface area is 122 Å². The average Bonchev–Trinajstić information content (AvgIpc) is 2.40. The van der Waals surface area contributed by atoms with Crippen molar-refractivity contribution in [3.8, 4) is 0 Å². The summed E-state index contributed by atoms with van der Waals surface area (Å²) in [6, 6.07) is 0. The van der Waals surface area contributed by atoms with Gasteiger partial charge in [0, 0.05) is 0 Å². The number of aliphatic imine (C=N–C) groups is 1. The summed E-state index contributed by atoms with van der Waals surface area (Å²) in [5, 5.41) is 0.146. The molecule has 0 amide bonds. The molecule has 0 aliphatic rings. The molecule has 0 aliphatic carbocycles. The number of alkyl halides is 1. The Morgan fingerprint density at radius 2 is 2.00 bits per heavy atom. The van der Waals surface area contributed by atoms with Crippen molar-refractivity contribution in [3.05, 3.63) is 23.8 Å². The van der Waals surface area contributed by atoms with Gasteiger partial charge in [0.25, 0.3) is 0 Å². The third-order valence-electron chi connectivity index (χ3n) is 3.46. The first-order valence-corrected chi connectivity index (χ1v) is 7.03. The van der Waals surface area contributed by atoms with Gasteiger partial charge in [0.1, 0.15) is 12.8 Å². The van der Waals surface area contributed by atoms with Crippen molar-refractivity contribution in [3.63, 3.8) is 0 Å². The van der Waals surface area contributed by atoms with Gasteiger partial charge in [0.15, 0.2) is 0 Å². The molecule has 0 aliphatic heterocycles. The highest BCUT2D eigenvalue weighted by molar-refractivity contribution is 6.31. The first kappa shape index (κ1) is 18.3. The van der Waals surface area contributed by atoms with Crippen LogP contribution in [-0.2, 0) is 0 Å². The fourth-order valence-corrected chi connectivity index (χ4v) is 1.98. The minimum atomic E-state index is -0.679. The van der Waals surface area contributed by atoms with E-state index in [0.717, 1.165) is 6.42 Å². The zero-order valence-electron chi connectivity index (χ0n) is 12.7. The third-order valence-corrected chi connectivity index (χ3v) is 3.67. The number of hydrogen-bond acceptors (Lipinski definition) is 2. The van der Waals surface area contributed by atoms with Crippen LogP contribution in [0.15, 0.2) is 28.8 Å². The Bertz CT molecular complexity index is 337. The van der Waals surface area contributed by atoms with Gasteiger partial charge in [-0.3, -0.25) is 9.89 Å². The van der Waals surface area contributed by atoms with E-state index in [2.05, 4.69) is 37.2 Å². The van der Waals surface area contributed by atoms with Crippen molar-refractivity contribution in [2.45, 2.75) is 33.4 Å². The second kappa shape index (κ2) is 9.27. The van der Waals surface area contributed by atoms with E-state index < -0.39 is 6.67 Å². The van der Waals surface area contributed by atoms with Crippen LogP contribution in [0.5, 0.6) is 0 Å². The molecule has 0 N–H and O–H groups in total. The first-order valence-electron chi connectivity index (χ1n) is 6.66. The zero-order valence-corrected chi connectivity index (χ0v) is 13.4. The van der Waals surface area contributed by atoms with Gasteiger partial charge in [0.2, 0.25) is 0 Å². The summed E-state index contributed by atoms with van der Waals surface area (Å²) in [7, 11) is 3.99. The fourth-order valence-electron chi connectivity index (χ4n) is 1.87. The van der Waals surface area contributed by atoms with Gasteiger partial charge in [0.05, 0.1) is 10.7 Å². The Morgan fingerprint density at radius 1 is 1.42 bits per heavy atom. The number of halogens is 2. The molecule has 0 saturated heterocycles. The lowest BCUT2D eigenvalue weighted by molar-refractivity contribution is 0.180. The smallest absolute Gasteiger partial charge is 0.125 e. The van der Waals surface area contributed by atoms with E-state index in [-0.39, 0.29) is 11.2 Å². The molecule has 110 valence electrons. The molecule has 0 rings (SSSR count). The minimum absolute atomic E-state index is 0.0308. The predicted octanol–water partition coefficient (Wildman–Crippen LogP) is 4.28. The van der Waals surface area contributed by atoms with E-state index in [4.69, 9.17) is 11.6 Å². The van der Waals surface area contributed by atoms with Gasteiger partial charge in [-0.05, 0) is 38.1 Å². The third kappa shape index (κ3) is 6.35. The molecule has 0 aromatic rings. The van der Waals surface area contributed by atoms with Crippen molar-refractivity contribution in [2.75, 3.05) is 20.8 Å². The molecular weight excluding hydrogens is 263 g/mol. The predicted molar refractivity (Wildman–Crippen MR) is 83.6 cm³/mol. The SMILES string of the molecule is C=CC(/C=C(/Cl)CF)=NC(C(C)C(C)CC)N(C)C. The molecule has 4 heteroatoms. The lowest BCUT2D eigenvalue weighted by Gasteiger charge is -2.30. The normalized spacial score (nSPS) is 18.3. The standard InChI is InChI=1S/C15H26ClFN2/c1-7-11(3)12(4)15(19(5)6)18-14(8-2)9-13(16)10-17/h8-9,11-12,15H,2,7,10H2,1,3-6H3/b13-9+,18-14?. The van der Waals surface area contributed by atoms with Gasteiger partial charge < -0.3 is 0 Å². The topological polar surface area (TPSA) is 15.6 Å². The van der Waals surface area contributed by atoms with E-state index in [0.29, 0.717) is 17.5 Å². The van der Waals surface area contributed by atoms with Gasteiger partial charge in [-0.2, -0.15) is 0 Å². The van der Waals surface area contributed by atoms with Crippen LogP contribution >= 0.6 is 11.6 Å². The number of rotatable bonds is 8. The molecule has 0 saturated carbocycles. The summed E-state index contributed by atoms with van der Waals surface area (Å²) in [5.41, 5.74) is 0.622. The quantitative estimate of drug-likeness (QED) is 0.609. The van der Waals surface area contributed by atoms with E-state index in [1.54, 1.807) is 6.08 Å². The second-order valence-corrected chi connectivity index (χ2v) is 5.59. The summed E-state index contributed by atoms with van der Waals surface area (Å²) in [5.74, 6) is 0.954. The Balaban J connectivity index is 5.23. The maximum atomic E-state index is 12.4. The molecule has 0 radical (unpaired) electrons. The van der Waals surface area contributed by atoms with Crippen LogP contribution in [0.25, 0.3) is 0 Å². The largest absolute Gasteiger partial charge is 0.288 e. The van der Waals surface area contributed by atoms with Crippen molar-refractivity contribution >= 4 is 17.3 Å². The van der Waals surface area contributed by atoms with Gasteiger partial charge in [-0.15, -0.1) is 0 Å². The number of nitrogens with zero attached hydrogens (tertiary/aromatic N) is 2. The van der Waals surface area contributed by atoms with Gasteiger partial charge >= 0.3 is 0 Å².